The van der Waals surface area contributed by atoms with Gasteiger partial charge in [-0.05, 0) is 31.4 Å². The maximum absolute atomic E-state index is 12.8. The first-order chi connectivity index (χ1) is 14.0. The maximum atomic E-state index is 12.8. The lowest BCUT2D eigenvalue weighted by atomic mass is 10.0. The Labute approximate surface area is 173 Å². The molecular weight excluding hydrogens is 366 g/mol. The molecule has 0 bridgehead atoms. The van der Waals surface area contributed by atoms with E-state index in [1.807, 2.05) is 13.8 Å². The third-order valence-electron chi connectivity index (χ3n) is 5.62. The van der Waals surface area contributed by atoms with Gasteiger partial charge in [-0.1, -0.05) is 31.2 Å². The summed E-state index contributed by atoms with van der Waals surface area (Å²) in [6, 6.07) is 8.27. The Morgan fingerprint density at radius 3 is 2.45 bits per heavy atom. The number of aryl methyl sites for hydroxylation is 1. The molecule has 1 amide bonds. The molecule has 2 aromatic rings. The summed E-state index contributed by atoms with van der Waals surface area (Å²) in [4.78, 5) is 25.8. The minimum atomic E-state index is -0.175. The molecule has 156 valence electrons. The molecule has 1 aliphatic heterocycles. The van der Waals surface area contributed by atoms with E-state index < -0.39 is 0 Å². The van der Waals surface area contributed by atoms with Crippen molar-refractivity contribution in [1.29, 1.82) is 0 Å². The first-order valence-electron chi connectivity index (χ1n) is 10.3. The number of anilines is 1. The number of hydrogen-bond acceptors (Lipinski definition) is 6. The van der Waals surface area contributed by atoms with Gasteiger partial charge in [0.2, 0.25) is 11.8 Å². The number of nitrogens with one attached hydrogen (secondary N) is 1. The van der Waals surface area contributed by atoms with Gasteiger partial charge in [0.05, 0.1) is 31.6 Å². The summed E-state index contributed by atoms with van der Waals surface area (Å²) in [6.45, 7) is 9.35. The van der Waals surface area contributed by atoms with Crippen LogP contribution in [0, 0.1) is 0 Å². The normalized spacial score (nSPS) is 16.9. The van der Waals surface area contributed by atoms with Crippen LogP contribution in [0.1, 0.15) is 37.9 Å². The monoisotopic (exact) mass is 397 g/mol. The van der Waals surface area contributed by atoms with Crippen molar-refractivity contribution in [2.24, 2.45) is 0 Å². The Morgan fingerprint density at radius 2 is 1.83 bits per heavy atom. The van der Waals surface area contributed by atoms with Crippen molar-refractivity contribution in [2.75, 3.05) is 38.2 Å². The molecule has 0 spiro atoms. The molecule has 7 heteroatoms. The Bertz CT molecular complexity index is 803. The van der Waals surface area contributed by atoms with Gasteiger partial charge in [0.15, 0.2) is 5.82 Å². The number of aromatic nitrogens is 2. The predicted molar refractivity (Wildman–Crippen MR) is 114 cm³/mol. The number of amides is 1. The lowest BCUT2D eigenvalue weighted by Gasteiger charge is -2.38. The lowest BCUT2D eigenvalue weighted by molar-refractivity contribution is -0.126. The van der Waals surface area contributed by atoms with Crippen LogP contribution >= 0.6 is 0 Å². The third kappa shape index (κ3) is 5.23. The highest BCUT2D eigenvalue weighted by molar-refractivity contribution is 5.81. The molecule has 0 radical (unpaired) electrons. The van der Waals surface area contributed by atoms with Crippen LogP contribution in [0.2, 0.25) is 0 Å². The molecule has 0 aliphatic carbocycles. The minimum absolute atomic E-state index is 0.01000. The van der Waals surface area contributed by atoms with Crippen LogP contribution < -0.4 is 15.0 Å². The molecule has 1 aromatic heterocycles. The van der Waals surface area contributed by atoms with E-state index in [1.165, 1.54) is 5.56 Å². The van der Waals surface area contributed by atoms with Crippen LogP contribution in [0.5, 0.6) is 5.88 Å². The quantitative estimate of drug-likeness (QED) is 0.774. The van der Waals surface area contributed by atoms with Crippen LogP contribution in [0.15, 0.2) is 36.7 Å². The number of nitrogens with zero attached hydrogens (tertiary/aromatic N) is 4. The second kappa shape index (κ2) is 9.69. The van der Waals surface area contributed by atoms with Gasteiger partial charge in [0, 0.05) is 26.2 Å². The largest absolute Gasteiger partial charge is 0.480 e. The molecule has 0 saturated carbocycles. The highest BCUT2D eigenvalue weighted by Gasteiger charge is 2.27. The number of rotatable bonds is 7. The molecule has 7 nitrogen and oxygen atoms in total. The Kier molecular flexibility index (Phi) is 7.04. The Morgan fingerprint density at radius 1 is 1.14 bits per heavy atom. The maximum Gasteiger partial charge on any atom is 0.237 e. The molecule has 2 atom stereocenters. The van der Waals surface area contributed by atoms with Crippen molar-refractivity contribution in [2.45, 2.75) is 39.3 Å². The van der Waals surface area contributed by atoms with Crippen LogP contribution in [-0.4, -0.2) is 60.1 Å². The van der Waals surface area contributed by atoms with E-state index in [0.29, 0.717) is 5.88 Å². The SMILES string of the molecule is CCc1ccc(C(C)NC(=O)C(C)N2CCN(c3cncc(OC)n3)CC2)cc1. The number of piperazine rings is 1. The fourth-order valence-electron chi connectivity index (χ4n) is 3.55. The van der Waals surface area contributed by atoms with Gasteiger partial charge < -0.3 is 15.0 Å². The Hall–Kier alpha value is -2.67. The zero-order chi connectivity index (χ0) is 20.8. The second-order valence-electron chi connectivity index (χ2n) is 7.44. The topological polar surface area (TPSA) is 70.6 Å². The third-order valence-corrected chi connectivity index (χ3v) is 5.62. The van der Waals surface area contributed by atoms with Gasteiger partial charge in [0.1, 0.15) is 0 Å². The van der Waals surface area contributed by atoms with Crippen molar-refractivity contribution in [3.05, 3.63) is 47.8 Å². The van der Waals surface area contributed by atoms with E-state index in [9.17, 15) is 4.79 Å². The van der Waals surface area contributed by atoms with Crippen molar-refractivity contribution in [3.63, 3.8) is 0 Å². The first kappa shape index (κ1) is 21.0. The van der Waals surface area contributed by atoms with E-state index in [2.05, 4.69) is 56.3 Å². The number of hydrogen-bond donors (Lipinski definition) is 1. The fraction of sp³-hybridized carbons (Fsp3) is 0.500. The molecule has 3 rings (SSSR count). The molecule has 1 aromatic carbocycles. The molecule has 2 unspecified atom stereocenters. The van der Waals surface area contributed by atoms with Crippen molar-refractivity contribution < 1.29 is 9.53 Å². The average molecular weight is 398 g/mol. The Balaban J connectivity index is 1.52. The molecular formula is C22H31N5O2. The fourth-order valence-corrected chi connectivity index (χ4v) is 3.55. The van der Waals surface area contributed by atoms with Gasteiger partial charge in [-0.2, -0.15) is 4.98 Å². The van der Waals surface area contributed by atoms with E-state index >= 15 is 0 Å². The lowest BCUT2D eigenvalue weighted by Crippen LogP contribution is -2.54. The minimum Gasteiger partial charge on any atom is -0.480 e. The standard InChI is InChI=1S/C22H31N5O2/c1-5-18-6-8-19(9-7-18)16(2)24-22(28)17(3)26-10-12-27(13-11-26)20-14-23-15-21(25-20)29-4/h6-9,14-17H,5,10-13H2,1-4H3,(H,24,28). The van der Waals surface area contributed by atoms with Gasteiger partial charge in [-0.25, -0.2) is 0 Å². The van der Waals surface area contributed by atoms with Crippen LogP contribution in [0.25, 0.3) is 0 Å². The number of carbonyl (C=O) groups excluding carboxylic acids is 1. The second-order valence-corrected chi connectivity index (χ2v) is 7.44. The highest BCUT2D eigenvalue weighted by Crippen LogP contribution is 2.18. The van der Waals surface area contributed by atoms with E-state index in [4.69, 9.17) is 4.74 Å². The van der Waals surface area contributed by atoms with Crippen LogP contribution in [0.4, 0.5) is 5.82 Å². The highest BCUT2D eigenvalue weighted by atomic mass is 16.5. The summed E-state index contributed by atoms with van der Waals surface area (Å²) in [5.74, 6) is 1.38. The van der Waals surface area contributed by atoms with Gasteiger partial charge in [0.25, 0.3) is 0 Å². The van der Waals surface area contributed by atoms with E-state index in [-0.39, 0.29) is 18.0 Å². The van der Waals surface area contributed by atoms with Crippen LogP contribution in [-0.2, 0) is 11.2 Å². The van der Waals surface area contributed by atoms with Gasteiger partial charge in [-0.15, -0.1) is 0 Å². The van der Waals surface area contributed by atoms with Crippen LogP contribution in [0.3, 0.4) is 0 Å². The summed E-state index contributed by atoms with van der Waals surface area (Å²) in [6.07, 6.45) is 4.37. The van der Waals surface area contributed by atoms with E-state index in [1.54, 1.807) is 19.5 Å². The number of methoxy groups -OCH3 is 1. The number of carbonyl (C=O) groups is 1. The summed E-state index contributed by atoms with van der Waals surface area (Å²) >= 11 is 0. The smallest absolute Gasteiger partial charge is 0.237 e. The summed E-state index contributed by atoms with van der Waals surface area (Å²) in [7, 11) is 1.59. The van der Waals surface area contributed by atoms with E-state index in [0.717, 1.165) is 44.0 Å². The van der Waals surface area contributed by atoms with Gasteiger partial charge >= 0.3 is 0 Å². The zero-order valence-electron chi connectivity index (χ0n) is 17.8. The molecule has 1 aliphatic rings. The first-order valence-corrected chi connectivity index (χ1v) is 10.3. The average Bonchev–Trinajstić information content (AvgIpc) is 2.78. The molecule has 1 saturated heterocycles. The molecule has 1 fully saturated rings. The summed E-state index contributed by atoms with van der Waals surface area (Å²) in [5.41, 5.74) is 2.43. The molecule has 2 heterocycles. The molecule has 29 heavy (non-hydrogen) atoms. The number of benzene rings is 1. The zero-order valence-corrected chi connectivity index (χ0v) is 17.8. The van der Waals surface area contributed by atoms with Crippen molar-refractivity contribution in [3.8, 4) is 5.88 Å². The van der Waals surface area contributed by atoms with Gasteiger partial charge in [-0.3, -0.25) is 14.7 Å². The summed E-state index contributed by atoms with van der Waals surface area (Å²) < 4.78 is 5.16. The van der Waals surface area contributed by atoms with Crippen molar-refractivity contribution in [1.82, 2.24) is 20.2 Å². The molecule has 1 N–H and O–H groups in total. The summed E-state index contributed by atoms with van der Waals surface area (Å²) in [5, 5.41) is 3.16. The van der Waals surface area contributed by atoms with Crippen molar-refractivity contribution >= 4 is 11.7 Å². The number of ether oxygens (including phenoxy) is 1. The predicted octanol–water partition coefficient (Wildman–Crippen LogP) is 2.44.